The molecule has 0 spiro atoms. The van der Waals surface area contributed by atoms with E-state index in [-0.39, 0.29) is 11.7 Å². The van der Waals surface area contributed by atoms with Gasteiger partial charge in [-0.2, -0.15) is 4.98 Å². The highest BCUT2D eigenvalue weighted by molar-refractivity contribution is 5.85. The Balaban J connectivity index is 1.78. The molecular weight excluding hydrogens is 208 g/mol. The Hall–Kier alpha value is -1.78. The summed E-state index contributed by atoms with van der Waals surface area (Å²) in [6.07, 6.45) is 7.97. The van der Waals surface area contributed by atoms with Gasteiger partial charge in [-0.25, -0.2) is 4.79 Å². The van der Waals surface area contributed by atoms with Crippen molar-refractivity contribution in [1.29, 1.82) is 0 Å². The molecule has 2 N–H and O–H groups in total. The van der Waals surface area contributed by atoms with Crippen LogP contribution in [0.15, 0.2) is 22.3 Å². The Bertz CT molecular complexity index is 409. The highest BCUT2D eigenvalue weighted by Crippen LogP contribution is 2.20. The van der Waals surface area contributed by atoms with Gasteiger partial charge in [-0.05, 0) is 25.7 Å². The molecule has 0 aromatic carbocycles. The van der Waals surface area contributed by atoms with E-state index in [4.69, 9.17) is 9.52 Å². The van der Waals surface area contributed by atoms with E-state index < -0.39 is 5.97 Å². The summed E-state index contributed by atoms with van der Waals surface area (Å²) in [5, 5.41) is 11.6. The van der Waals surface area contributed by atoms with Crippen LogP contribution in [0.1, 0.15) is 36.2 Å². The van der Waals surface area contributed by atoms with Crippen molar-refractivity contribution in [3.63, 3.8) is 0 Å². The van der Waals surface area contributed by atoms with Crippen LogP contribution >= 0.6 is 0 Å². The van der Waals surface area contributed by atoms with E-state index in [2.05, 4.69) is 16.4 Å². The van der Waals surface area contributed by atoms with Crippen LogP contribution in [0.2, 0.25) is 0 Å². The van der Waals surface area contributed by atoms with Crippen molar-refractivity contribution < 1.29 is 14.3 Å². The Kier molecular flexibility index (Phi) is 3.24. The second kappa shape index (κ2) is 4.83. The van der Waals surface area contributed by atoms with Gasteiger partial charge in [-0.3, -0.25) is 0 Å². The van der Waals surface area contributed by atoms with Crippen molar-refractivity contribution >= 4 is 12.0 Å². The summed E-state index contributed by atoms with van der Waals surface area (Å²) < 4.78 is 4.97. The summed E-state index contributed by atoms with van der Waals surface area (Å²) in [6.45, 7) is 0.728. The molecule has 0 amide bonds. The van der Waals surface area contributed by atoms with E-state index in [9.17, 15) is 4.79 Å². The fraction of sp³-hybridized carbons (Fsp3) is 0.455. The van der Waals surface area contributed by atoms with Crippen molar-refractivity contribution in [1.82, 2.24) is 4.98 Å². The van der Waals surface area contributed by atoms with E-state index in [1.54, 1.807) is 0 Å². The number of hydrogen-bond donors (Lipinski definition) is 2. The lowest BCUT2D eigenvalue weighted by Gasteiger charge is -2.01. The third-order valence-electron chi connectivity index (χ3n) is 2.58. The van der Waals surface area contributed by atoms with Crippen LogP contribution < -0.4 is 5.32 Å². The lowest BCUT2D eigenvalue weighted by Crippen LogP contribution is -2.03. The van der Waals surface area contributed by atoms with E-state index in [0.29, 0.717) is 0 Å². The Morgan fingerprint density at radius 3 is 3.12 bits per heavy atom. The molecule has 2 rings (SSSR count). The van der Waals surface area contributed by atoms with Crippen LogP contribution in [0.4, 0.5) is 6.01 Å². The van der Waals surface area contributed by atoms with Crippen molar-refractivity contribution in [3.05, 3.63) is 23.6 Å². The predicted octanol–water partition coefficient (Wildman–Crippen LogP) is 2.29. The topological polar surface area (TPSA) is 75.4 Å². The molecule has 0 fully saturated rings. The minimum Gasteiger partial charge on any atom is -0.476 e. The maximum Gasteiger partial charge on any atom is 0.357 e. The van der Waals surface area contributed by atoms with E-state index in [0.717, 1.165) is 19.2 Å². The molecule has 1 aliphatic rings. The van der Waals surface area contributed by atoms with Crippen molar-refractivity contribution in [2.75, 3.05) is 11.9 Å². The minimum atomic E-state index is -1.07. The minimum absolute atomic E-state index is 0.0671. The molecule has 0 atom stereocenters. The lowest BCUT2D eigenvalue weighted by atomic mass is 10.2. The molecule has 0 unspecified atom stereocenters. The van der Waals surface area contributed by atoms with Gasteiger partial charge >= 0.3 is 5.97 Å². The zero-order chi connectivity index (χ0) is 11.4. The molecule has 1 aromatic rings. The average molecular weight is 222 g/mol. The summed E-state index contributed by atoms with van der Waals surface area (Å²) in [7, 11) is 0. The first kappa shape index (κ1) is 10.7. The number of allylic oxidation sites excluding steroid dienone is 1. The van der Waals surface area contributed by atoms with Crippen LogP contribution in [-0.4, -0.2) is 22.6 Å². The number of aromatic carboxylic acids is 1. The molecule has 0 aliphatic heterocycles. The first-order valence-electron chi connectivity index (χ1n) is 5.36. The van der Waals surface area contributed by atoms with Crippen LogP contribution in [-0.2, 0) is 0 Å². The zero-order valence-corrected chi connectivity index (χ0v) is 8.90. The maximum absolute atomic E-state index is 10.5. The number of carboxylic acids is 1. The average Bonchev–Trinajstić information content (AvgIpc) is 2.87. The second-order valence-electron chi connectivity index (χ2n) is 3.77. The van der Waals surface area contributed by atoms with Gasteiger partial charge in [0.2, 0.25) is 0 Å². The number of hydrogen-bond acceptors (Lipinski definition) is 4. The summed E-state index contributed by atoms with van der Waals surface area (Å²) in [4.78, 5) is 14.3. The number of rotatable bonds is 5. The molecule has 0 saturated heterocycles. The largest absolute Gasteiger partial charge is 0.476 e. The van der Waals surface area contributed by atoms with E-state index in [1.165, 1.54) is 24.8 Å². The Labute approximate surface area is 93.2 Å². The van der Waals surface area contributed by atoms with Crippen molar-refractivity contribution in [3.8, 4) is 0 Å². The summed E-state index contributed by atoms with van der Waals surface area (Å²) >= 11 is 0. The number of nitrogens with zero attached hydrogens (tertiary/aromatic N) is 1. The van der Waals surface area contributed by atoms with Crippen molar-refractivity contribution in [2.24, 2.45) is 0 Å². The molecule has 0 bridgehead atoms. The SMILES string of the molecule is O=C(O)c1coc(NCCC2=CCCC2)n1. The summed E-state index contributed by atoms with van der Waals surface area (Å²) in [5.41, 5.74) is 1.39. The van der Waals surface area contributed by atoms with Gasteiger partial charge in [0.05, 0.1) is 0 Å². The Morgan fingerprint density at radius 2 is 2.50 bits per heavy atom. The number of carbonyl (C=O) groups is 1. The molecule has 0 saturated carbocycles. The zero-order valence-electron chi connectivity index (χ0n) is 8.90. The first-order valence-corrected chi connectivity index (χ1v) is 5.36. The van der Waals surface area contributed by atoms with Gasteiger partial charge in [0, 0.05) is 6.54 Å². The predicted molar refractivity (Wildman–Crippen MR) is 58.5 cm³/mol. The Morgan fingerprint density at radius 1 is 1.62 bits per heavy atom. The smallest absolute Gasteiger partial charge is 0.357 e. The van der Waals surface area contributed by atoms with E-state index in [1.807, 2.05) is 0 Å². The molecule has 86 valence electrons. The van der Waals surface area contributed by atoms with Crippen molar-refractivity contribution in [2.45, 2.75) is 25.7 Å². The standard InChI is InChI=1S/C11H14N2O3/c14-10(15)9-7-16-11(13-9)12-6-5-8-3-1-2-4-8/h3,7H,1-2,4-6H2,(H,12,13)(H,14,15). The van der Waals surface area contributed by atoms with Crippen LogP contribution in [0, 0.1) is 0 Å². The molecule has 1 aromatic heterocycles. The van der Waals surface area contributed by atoms with Gasteiger partial charge in [0.1, 0.15) is 6.26 Å². The van der Waals surface area contributed by atoms with Gasteiger partial charge in [0.25, 0.3) is 6.01 Å². The number of anilines is 1. The number of carboxylic acid groups (broad SMARTS) is 1. The molecule has 5 nitrogen and oxygen atoms in total. The third-order valence-corrected chi connectivity index (χ3v) is 2.58. The molecule has 1 heterocycles. The van der Waals surface area contributed by atoms with Crippen LogP contribution in [0.25, 0.3) is 0 Å². The summed E-state index contributed by atoms with van der Waals surface area (Å²) in [6, 6.07) is 0.274. The fourth-order valence-electron chi connectivity index (χ4n) is 1.75. The second-order valence-corrected chi connectivity index (χ2v) is 3.77. The molecule has 5 heteroatoms. The number of nitrogens with one attached hydrogen (secondary N) is 1. The van der Waals surface area contributed by atoms with Crippen LogP contribution in [0.3, 0.4) is 0 Å². The highest BCUT2D eigenvalue weighted by Gasteiger charge is 2.10. The fourth-order valence-corrected chi connectivity index (χ4v) is 1.75. The van der Waals surface area contributed by atoms with Crippen LogP contribution in [0.5, 0.6) is 0 Å². The van der Waals surface area contributed by atoms with Gasteiger partial charge < -0.3 is 14.8 Å². The molecular formula is C11H14N2O3. The number of aromatic nitrogens is 1. The molecule has 1 aliphatic carbocycles. The lowest BCUT2D eigenvalue weighted by molar-refractivity contribution is 0.0690. The molecule has 16 heavy (non-hydrogen) atoms. The van der Waals surface area contributed by atoms with Gasteiger partial charge in [0.15, 0.2) is 5.69 Å². The van der Waals surface area contributed by atoms with Gasteiger partial charge in [-0.1, -0.05) is 11.6 Å². The quantitative estimate of drug-likeness (QED) is 0.747. The highest BCUT2D eigenvalue weighted by atomic mass is 16.4. The summed E-state index contributed by atoms with van der Waals surface area (Å²) in [5.74, 6) is -1.07. The van der Waals surface area contributed by atoms with E-state index >= 15 is 0 Å². The first-order chi connectivity index (χ1) is 7.75. The van der Waals surface area contributed by atoms with Gasteiger partial charge in [-0.15, -0.1) is 0 Å². The molecule has 0 radical (unpaired) electrons. The third kappa shape index (κ3) is 2.62. The maximum atomic E-state index is 10.5. The number of oxazole rings is 1. The monoisotopic (exact) mass is 222 g/mol. The normalized spacial score (nSPS) is 14.9.